The lowest BCUT2D eigenvalue weighted by Gasteiger charge is -2.20. The predicted octanol–water partition coefficient (Wildman–Crippen LogP) is 1.16. The van der Waals surface area contributed by atoms with Gasteiger partial charge in [-0.2, -0.15) is 0 Å². The zero-order chi connectivity index (χ0) is 14.2. The van der Waals surface area contributed by atoms with Gasteiger partial charge in [0.05, 0.1) is 28.8 Å². The Balaban J connectivity index is 2.41. The molecule has 100 valence electrons. The summed E-state index contributed by atoms with van der Waals surface area (Å²) in [6, 6.07) is 3.82. The number of methoxy groups -OCH3 is 1. The Morgan fingerprint density at radius 1 is 1.42 bits per heavy atom. The van der Waals surface area contributed by atoms with E-state index >= 15 is 0 Å². The number of fused-ring (bicyclic) bond motifs is 1. The number of ketones is 1. The lowest BCUT2D eigenvalue weighted by Crippen LogP contribution is -2.36. The third-order valence-electron chi connectivity index (χ3n) is 3.01. The highest BCUT2D eigenvalue weighted by atomic mass is 16.6. The van der Waals surface area contributed by atoms with Crippen molar-refractivity contribution in [1.82, 2.24) is 0 Å². The first-order chi connectivity index (χ1) is 8.95. The molecule has 0 saturated carbocycles. The molecule has 0 aromatic heterocycles. The van der Waals surface area contributed by atoms with Gasteiger partial charge in [-0.3, -0.25) is 19.7 Å². The van der Waals surface area contributed by atoms with Crippen molar-refractivity contribution in [2.45, 2.75) is 13.0 Å². The molecule has 7 heteroatoms. The summed E-state index contributed by atoms with van der Waals surface area (Å²) in [6.45, 7) is 1.99. The van der Waals surface area contributed by atoms with Crippen molar-refractivity contribution in [2.75, 3.05) is 18.6 Å². The van der Waals surface area contributed by atoms with E-state index in [1.54, 1.807) is 6.92 Å². The van der Waals surface area contributed by atoms with Crippen LogP contribution in [0.4, 0.5) is 11.4 Å². The lowest BCUT2D eigenvalue weighted by atomic mass is 10.1. The summed E-state index contributed by atoms with van der Waals surface area (Å²) in [5.41, 5.74) is 0.258. The van der Waals surface area contributed by atoms with Gasteiger partial charge in [-0.15, -0.1) is 0 Å². The van der Waals surface area contributed by atoms with Crippen molar-refractivity contribution in [3.8, 4) is 0 Å². The summed E-state index contributed by atoms with van der Waals surface area (Å²) < 4.78 is 5.06. The molecule has 0 bridgehead atoms. The standard InChI is InChI=1S/C12H12N2O5/c1-7(19-2)6-13-10-4-3-8(14(17)18)5-9(10)11(15)12(13)16/h3-5,7H,6H2,1-2H3. The van der Waals surface area contributed by atoms with E-state index in [-0.39, 0.29) is 23.9 Å². The average molecular weight is 264 g/mol. The van der Waals surface area contributed by atoms with Crippen molar-refractivity contribution in [3.05, 3.63) is 33.9 Å². The average Bonchev–Trinajstić information content (AvgIpc) is 2.63. The van der Waals surface area contributed by atoms with Gasteiger partial charge < -0.3 is 9.64 Å². The van der Waals surface area contributed by atoms with E-state index in [4.69, 9.17) is 4.74 Å². The Kier molecular flexibility index (Phi) is 3.30. The van der Waals surface area contributed by atoms with Crippen LogP contribution >= 0.6 is 0 Å². The van der Waals surface area contributed by atoms with E-state index in [2.05, 4.69) is 0 Å². The zero-order valence-corrected chi connectivity index (χ0v) is 10.5. The predicted molar refractivity (Wildman–Crippen MR) is 66.3 cm³/mol. The van der Waals surface area contributed by atoms with Gasteiger partial charge in [-0.25, -0.2) is 0 Å². The molecule has 0 saturated heterocycles. The topological polar surface area (TPSA) is 89.8 Å². The molecule has 1 atom stereocenters. The molecule has 1 aromatic carbocycles. The Morgan fingerprint density at radius 2 is 2.11 bits per heavy atom. The molecule has 1 heterocycles. The minimum atomic E-state index is -0.720. The number of nitro groups is 1. The lowest BCUT2D eigenvalue weighted by molar-refractivity contribution is -0.384. The summed E-state index contributed by atoms with van der Waals surface area (Å²) in [5, 5.41) is 10.7. The van der Waals surface area contributed by atoms with Crippen LogP contribution < -0.4 is 4.90 Å². The molecule has 0 fully saturated rings. The molecular formula is C12H12N2O5. The van der Waals surface area contributed by atoms with Crippen molar-refractivity contribution in [3.63, 3.8) is 0 Å². The summed E-state index contributed by atoms with van der Waals surface area (Å²) in [7, 11) is 1.50. The highest BCUT2D eigenvalue weighted by Gasteiger charge is 2.37. The summed E-state index contributed by atoms with van der Waals surface area (Å²) >= 11 is 0. The number of nitro benzene ring substituents is 1. The number of non-ortho nitro benzene ring substituents is 1. The number of nitrogens with zero attached hydrogens (tertiary/aromatic N) is 2. The number of carbonyl (C=O) groups excluding carboxylic acids is 2. The Bertz CT molecular complexity index is 569. The number of amides is 1. The number of ether oxygens (including phenoxy) is 1. The molecular weight excluding hydrogens is 252 g/mol. The maximum atomic E-state index is 11.8. The van der Waals surface area contributed by atoms with Gasteiger partial charge in [0.15, 0.2) is 0 Å². The largest absolute Gasteiger partial charge is 0.380 e. The highest BCUT2D eigenvalue weighted by Crippen LogP contribution is 2.32. The van der Waals surface area contributed by atoms with Gasteiger partial charge in [0.2, 0.25) is 0 Å². The molecule has 0 aliphatic carbocycles. The van der Waals surface area contributed by atoms with Gasteiger partial charge in [0.1, 0.15) is 0 Å². The van der Waals surface area contributed by atoms with E-state index in [9.17, 15) is 19.7 Å². The quantitative estimate of drug-likeness (QED) is 0.462. The first-order valence-corrected chi connectivity index (χ1v) is 5.63. The number of benzene rings is 1. The molecule has 1 aliphatic heterocycles. The molecule has 0 spiro atoms. The fourth-order valence-electron chi connectivity index (χ4n) is 1.91. The molecule has 1 amide bonds. The maximum Gasteiger partial charge on any atom is 0.299 e. The number of hydrogen-bond acceptors (Lipinski definition) is 5. The minimum Gasteiger partial charge on any atom is -0.380 e. The van der Waals surface area contributed by atoms with Crippen molar-refractivity contribution in [2.24, 2.45) is 0 Å². The van der Waals surface area contributed by atoms with Gasteiger partial charge in [-0.05, 0) is 13.0 Å². The van der Waals surface area contributed by atoms with Crippen LogP contribution in [0.25, 0.3) is 0 Å². The van der Waals surface area contributed by atoms with E-state index < -0.39 is 16.6 Å². The van der Waals surface area contributed by atoms with Gasteiger partial charge in [0.25, 0.3) is 17.4 Å². The van der Waals surface area contributed by atoms with E-state index in [1.807, 2.05) is 0 Å². The second-order valence-corrected chi connectivity index (χ2v) is 4.25. The molecule has 19 heavy (non-hydrogen) atoms. The second-order valence-electron chi connectivity index (χ2n) is 4.25. The van der Waals surface area contributed by atoms with Gasteiger partial charge >= 0.3 is 0 Å². The molecule has 7 nitrogen and oxygen atoms in total. The molecule has 1 aliphatic rings. The number of anilines is 1. The Hall–Kier alpha value is -2.28. The van der Waals surface area contributed by atoms with E-state index in [0.29, 0.717) is 5.69 Å². The van der Waals surface area contributed by atoms with Gasteiger partial charge in [0, 0.05) is 19.2 Å². The van der Waals surface area contributed by atoms with Crippen molar-refractivity contribution in [1.29, 1.82) is 0 Å². The second kappa shape index (κ2) is 4.77. The first-order valence-electron chi connectivity index (χ1n) is 5.63. The monoisotopic (exact) mass is 264 g/mol. The number of carbonyl (C=O) groups is 2. The first kappa shape index (κ1) is 13.2. The summed E-state index contributed by atoms with van der Waals surface area (Å²) in [4.78, 5) is 35.0. The number of hydrogen-bond donors (Lipinski definition) is 0. The molecule has 1 unspecified atom stereocenters. The highest BCUT2D eigenvalue weighted by molar-refractivity contribution is 6.52. The third-order valence-corrected chi connectivity index (χ3v) is 3.01. The fraction of sp³-hybridized carbons (Fsp3) is 0.333. The SMILES string of the molecule is COC(C)CN1C(=O)C(=O)c2cc([N+](=O)[O-])ccc21. The van der Waals surface area contributed by atoms with Crippen LogP contribution in [0.1, 0.15) is 17.3 Å². The van der Waals surface area contributed by atoms with Gasteiger partial charge in [-0.1, -0.05) is 0 Å². The normalized spacial score (nSPS) is 15.6. The van der Waals surface area contributed by atoms with Crippen LogP contribution in [0.2, 0.25) is 0 Å². The van der Waals surface area contributed by atoms with Crippen LogP contribution in [-0.4, -0.2) is 36.4 Å². The van der Waals surface area contributed by atoms with Crippen LogP contribution in [0.5, 0.6) is 0 Å². The third kappa shape index (κ3) is 2.19. The maximum absolute atomic E-state index is 11.8. The summed E-state index contributed by atoms with van der Waals surface area (Å²) in [5.74, 6) is -1.40. The van der Waals surface area contributed by atoms with Crippen LogP contribution in [0.3, 0.4) is 0 Å². The molecule has 0 radical (unpaired) electrons. The number of Topliss-reactive ketones (excluding diaryl/α,β-unsaturated/α-hetero) is 1. The van der Waals surface area contributed by atoms with Crippen LogP contribution in [0, 0.1) is 10.1 Å². The molecule has 2 rings (SSSR count). The number of rotatable bonds is 4. The molecule has 1 aromatic rings. The minimum absolute atomic E-state index is 0.0718. The van der Waals surface area contributed by atoms with Crippen molar-refractivity contribution < 1.29 is 19.2 Å². The van der Waals surface area contributed by atoms with Crippen LogP contribution in [-0.2, 0) is 9.53 Å². The Labute approximate surface area is 108 Å². The van der Waals surface area contributed by atoms with Crippen LogP contribution in [0.15, 0.2) is 18.2 Å². The smallest absolute Gasteiger partial charge is 0.299 e. The summed E-state index contributed by atoms with van der Waals surface area (Å²) in [6.07, 6.45) is -0.238. The Morgan fingerprint density at radius 3 is 2.68 bits per heavy atom. The van der Waals surface area contributed by atoms with E-state index in [1.165, 1.54) is 24.1 Å². The van der Waals surface area contributed by atoms with Crippen molar-refractivity contribution >= 4 is 23.1 Å². The van der Waals surface area contributed by atoms with E-state index in [0.717, 1.165) is 6.07 Å². The fourth-order valence-corrected chi connectivity index (χ4v) is 1.91. The zero-order valence-electron chi connectivity index (χ0n) is 10.5. The molecule has 0 N–H and O–H groups in total.